The Bertz CT molecular complexity index is 621. The van der Waals surface area contributed by atoms with Crippen LogP contribution in [-0.4, -0.2) is 46.9 Å². The van der Waals surface area contributed by atoms with Crippen LogP contribution in [0.25, 0.3) is 0 Å². The van der Waals surface area contributed by atoms with E-state index in [1.165, 1.54) is 0 Å². The zero-order valence-corrected chi connectivity index (χ0v) is 17.3. The molecule has 0 bridgehead atoms. The van der Waals surface area contributed by atoms with Crippen molar-refractivity contribution in [3.8, 4) is 5.75 Å². The van der Waals surface area contributed by atoms with Crippen LogP contribution in [0.2, 0.25) is 0 Å². The van der Waals surface area contributed by atoms with Crippen LogP contribution in [0.5, 0.6) is 5.75 Å². The van der Waals surface area contributed by atoms with E-state index in [9.17, 15) is 4.21 Å². The number of nitrogens with zero attached hydrogens (tertiary/aromatic N) is 1. The number of benzene rings is 1. The number of para-hydroxylation sites is 1. The van der Waals surface area contributed by atoms with Gasteiger partial charge in [0.15, 0.2) is 5.96 Å². The molecule has 2 N–H and O–H groups in total. The molecule has 0 amide bonds. The number of ether oxygens (including phenoxy) is 1. The Morgan fingerprint density at radius 1 is 1.38 bits per heavy atom. The molecule has 1 fully saturated rings. The Labute approximate surface area is 160 Å². The van der Waals surface area contributed by atoms with Crippen LogP contribution in [0, 0.1) is 6.92 Å². The summed E-state index contributed by atoms with van der Waals surface area (Å²) in [7, 11) is 1.08. The summed E-state index contributed by atoms with van der Waals surface area (Å²) in [5.74, 6) is 2.46. The summed E-state index contributed by atoms with van der Waals surface area (Å²) in [5.41, 5.74) is 1.14. The van der Waals surface area contributed by atoms with Gasteiger partial charge in [-0.2, -0.15) is 0 Å². The van der Waals surface area contributed by atoms with Crippen molar-refractivity contribution in [1.82, 2.24) is 10.6 Å². The zero-order valence-electron chi connectivity index (χ0n) is 16.5. The molecular weight excluding hydrogens is 346 g/mol. The van der Waals surface area contributed by atoms with Crippen LogP contribution in [0.1, 0.15) is 45.1 Å². The lowest BCUT2D eigenvalue weighted by Gasteiger charge is -2.30. The lowest BCUT2D eigenvalue weighted by atomic mass is 9.95. The predicted octanol–water partition coefficient (Wildman–Crippen LogP) is 3.01. The summed E-state index contributed by atoms with van der Waals surface area (Å²) in [6.07, 6.45) is 4.29. The fourth-order valence-electron chi connectivity index (χ4n) is 3.33. The average Bonchev–Trinajstić information content (AvgIpc) is 2.66. The highest BCUT2D eigenvalue weighted by molar-refractivity contribution is 7.85. The first-order chi connectivity index (χ1) is 12.5. The van der Waals surface area contributed by atoms with Crippen molar-refractivity contribution in [1.29, 1.82) is 0 Å². The molecule has 0 saturated heterocycles. The standard InChI is InChI=1S/C20H33N3O2S/c1-5-26(24)18-11-8-10-17(13-18)23-20(21-4)22-14-16(3)25-19-12-7-6-9-15(19)2/h6-7,9,12,16-18H,5,8,10-11,13-14H2,1-4H3,(H2,21,22,23). The van der Waals surface area contributed by atoms with E-state index >= 15 is 0 Å². The zero-order chi connectivity index (χ0) is 18.9. The second-order valence-corrected chi connectivity index (χ2v) is 8.95. The second-order valence-electron chi connectivity index (χ2n) is 6.95. The molecule has 1 aliphatic carbocycles. The first-order valence-corrected chi connectivity index (χ1v) is 11.0. The highest BCUT2D eigenvalue weighted by atomic mass is 32.2. The van der Waals surface area contributed by atoms with Crippen molar-refractivity contribution in [2.75, 3.05) is 19.3 Å². The summed E-state index contributed by atoms with van der Waals surface area (Å²) >= 11 is 0. The molecule has 5 nitrogen and oxygen atoms in total. The molecule has 1 aromatic rings. The molecule has 0 radical (unpaired) electrons. The van der Waals surface area contributed by atoms with Crippen molar-refractivity contribution in [2.45, 2.75) is 63.9 Å². The predicted molar refractivity (Wildman–Crippen MR) is 110 cm³/mol. The molecule has 146 valence electrons. The van der Waals surface area contributed by atoms with E-state index in [1.54, 1.807) is 7.05 Å². The number of nitrogens with one attached hydrogen (secondary N) is 2. The minimum absolute atomic E-state index is 0.0290. The molecule has 0 aromatic heterocycles. The average molecular weight is 380 g/mol. The highest BCUT2D eigenvalue weighted by Crippen LogP contribution is 2.23. The van der Waals surface area contributed by atoms with Gasteiger partial charge in [-0.05, 0) is 44.7 Å². The van der Waals surface area contributed by atoms with Crippen molar-refractivity contribution in [3.05, 3.63) is 29.8 Å². The van der Waals surface area contributed by atoms with Crippen LogP contribution < -0.4 is 15.4 Å². The van der Waals surface area contributed by atoms with Gasteiger partial charge in [0, 0.05) is 34.9 Å². The van der Waals surface area contributed by atoms with E-state index in [2.05, 4.69) is 28.6 Å². The number of hydrogen-bond acceptors (Lipinski definition) is 3. The smallest absolute Gasteiger partial charge is 0.191 e. The largest absolute Gasteiger partial charge is 0.489 e. The minimum atomic E-state index is -0.707. The molecule has 2 rings (SSSR count). The van der Waals surface area contributed by atoms with Gasteiger partial charge >= 0.3 is 0 Å². The van der Waals surface area contributed by atoms with E-state index in [0.29, 0.717) is 17.8 Å². The Balaban J connectivity index is 1.80. The van der Waals surface area contributed by atoms with Gasteiger partial charge in [-0.15, -0.1) is 0 Å². The Morgan fingerprint density at radius 3 is 2.85 bits per heavy atom. The number of hydrogen-bond donors (Lipinski definition) is 2. The molecule has 0 aliphatic heterocycles. The first-order valence-electron chi connectivity index (χ1n) is 9.60. The van der Waals surface area contributed by atoms with E-state index in [-0.39, 0.29) is 6.10 Å². The summed E-state index contributed by atoms with van der Waals surface area (Å²) in [5, 5.41) is 7.16. The topological polar surface area (TPSA) is 62.7 Å². The lowest BCUT2D eigenvalue weighted by Crippen LogP contribution is -2.48. The number of aryl methyl sites for hydroxylation is 1. The summed E-state index contributed by atoms with van der Waals surface area (Å²) in [6, 6.07) is 8.38. The Morgan fingerprint density at radius 2 is 2.15 bits per heavy atom. The van der Waals surface area contributed by atoms with Crippen LogP contribution in [-0.2, 0) is 10.8 Å². The second kappa shape index (κ2) is 10.6. The maximum absolute atomic E-state index is 12.1. The molecule has 6 heteroatoms. The van der Waals surface area contributed by atoms with E-state index < -0.39 is 10.8 Å². The maximum atomic E-state index is 12.1. The molecule has 1 saturated carbocycles. The molecule has 0 heterocycles. The third-order valence-electron chi connectivity index (χ3n) is 4.83. The molecule has 0 spiro atoms. The maximum Gasteiger partial charge on any atom is 0.191 e. The molecule has 4 atom stereocenters. The van der Waals surface area contributed by atoms with E-state index in [0.717, 1.165) is 48.7 Å². The van der Waals surface area contributed by atoms with Gasteiger partial charge in [0.25, 0.3) is 0 Å². The van der Waals surface area contributed by atoms with Crippen LogP contribution in [0.15, 0.2) is 29.3 Å². The molecule has 1 aliphatic rings. The summed E-state index contributed by atoms with van der Waals surface area (Å²) in [6.45, 7) is 6.78. The lowest BCUT2D eigenvalue weighted by molar-refractivity contribution is 0.222. The normalized spacial score (nSPS) is 23.2. The molecular formula is C20H33N3O2S. The summed E-state index contributed by atoms with van der Waals surface area (Å²) < 4.78 is 18.1. The number of aliphatic imine (C=N–C) groups is 1. The summed E-state index contributed by atoms with van der Waals surface area (Å²) in [4.78, 5) is 4.33. The van der Waals surface area contributed by atoms with Crippen LogP contribution in [0.3, 0.4) is 0 Å². The quantitative estimate of drug-likeness (QED) is 0.565. The van der Waals surface area contributed by atoms with Gasteiger partial charge in [-0.25, -0.2) is 0 Å². The first kappa shape index (κ1) is 20.7. The van der Waals surface area contributed by atoms with Gasteiger partial charge in [0.2, 0.25) is 0 Å². The number of rotatable bonds is 7. The Hall–Kier alpha value is -1.56. The van der Waals surface area contributed by atoms with Crippen LogP contribution in [0.4, 0.5) is 0 Å². The van der Waals surface area contributed by atoms with Crippen LogP contribution >= 0.6 is 0 Å². The monoisotopic (exact) mass is 379 g/mol. The third kappa shape index (κ3) is 6.31. The molecule has 26 heavy (non-hydrogen) atoms. The SMILES string of the molecule is CCS(=O)C1CCCC(NC(=NC)NCC(C)Oc2ccccc2C)C1. The van der Waals surface area contributed by atoms with Gasteiger partial charge in [0.1, 0.15) is 11.9 Å². The highest BCUT2D eigenvalue weighted by Gasteiger charge is 2.26. The third-order valence-corrected chi connectivity index (χ3v) is 6.57. The van der Waals surface area contributed by atoms with Crippen molar-refractivity contribution in [2.24, 2.45) is 4.99 Å². The molecule has 1 aromatic carbocycles. The minimum Gasteiger partial charge on any atom is -0.489 e. The molecule has 4 unspecified atom stereocenters. The van der Waals surface area contributed by atoms with Crippen molar-refractivity contribution < 1.29 is 8.95 Å². The van der Waals surface area contributed by atoms with Gasteiger partial charge in [0.05, 0.1) is 6.54 Å². The van der Waals surface area contributed by atoms with Crippen molar-refractivity contribution in [3.63, 3.8) is 0 Å². The number of guanidine groups is 1. The fraction of sp³-hybridized carbons (Fsp3) is 0.650. The van der Waals surface area contributed by atoms with E-state index in [1.807, 2.05) is 32.0 Å². The van der Waals surface area contributed by atoms with Crippen molar-refractivity contribution >= 4 is 16.8 Å². The van der Waals surface area contributed by atoms with E-state index in [4.69, 9.17) is 4.74 Å². The Kier molecular flexibility index (Phi) is 8.42. The fourth-order valence-corrected chi connectivity index (χ4v) is 4.67. The van der Waals surface area contributed by atoms with Gasteiger partial charge in [-0.3, -0.25) is 9.20 Å². The van der Waals surface area contributed by atoms with Gasteiger partial charge in [-0.1, -0.05) is 31.5 Å². The van der Waals surface area contributed by atoms with Gasteiger partial charge < -0.3 is 15.4 Å².